The van der Waals surface area contributed by atoms with E-state index < -0.39 is 0 Å². The van der Waals surface area contributed by atoms with Crippen LogP contribution in [0, 0.1) is 12.8 Å². The predicted octanol–water partition coefficient (Wildman–Crippen LogP) is 2.20. The molecule has 0 bridgehead atoms. The molecule has 2 rings (SSSR count). The van der Waals surface area contributed by atoms with E-state index in [0.29, 0.717) is 5.92 Å². The minimum Gasteiger partial charge on any atom is -0.385 e. The van der Waals surface area contributed by atoms with Crippen molar-refractivity contribution in [3.05, 3.63) is 17.7 Å². The Morgan fingerprint density at radius 1 is 1.52 bits per heavy atom. The fourth-order valence-electron chi connectivity index (χ4n) is 3.00. The van der Waals surface area contributed by atoms with Crippen molar-refractivity contribution < 1.29 is 9.53 Å². The molecule has 0 aromatic carbocycles. The number of rotatable bonds is 6. The lowest BCUT2D eigenvalue weighted by Gasteiger charge is -2.19. The number of nitrogens with zero attached hydrogens (tertiary/aromatic N) is 3. The van der Waals surface area contributed by atoms with Crippen LogP contribution in [-0.2, 0) is 16.1 Å². The van der Waals surface area contributed by atoms with Gasteiger partial charge >= 0.3 is 0 Å². The maximum atomic E-state index is 12.1. The van der Waals surface area contributed by atoms with Crippen LogP contribution in [-0.4, -0.2) is 47.2 Å². The van der Waals surface area contributed by atoms with Gasteiger partial charge < -0.3 is 14.2 Å². The van der Waals surface area contributed by atoms with Crippen LogP contribution in [0.5, 0.6) is 0 Å². The fourth-order valence-corrected chi connectivity index (χ4v) is 3.00. The van der Waals surface area contributed by atoms with Gasteiger partial charge in [-0.3, -0.25) is 4.79 Å². The van der Waals surface area contributed by atoms with Gasteiger partial charge in [0, 0.05) is 57.1 Å². The van der Waals surface area contributed by atoms with Crippen LogP contribution in [0.1, 0.15) is 44.1 Å². The van der Waals surface area contributed by atoms with Gasteiger partial charge in [-0.2, -0.15) is 0 Å². The Morgan fingerprint density at radius 3 is 2.95 bits per heavy atom. The van der Waals surface area contributed by atoms with Crippen molar-refractivity contribution in [2.24, 2.45) is 5.92 Å². The third-order valence-corrected chi connectivity index (χ3v) is 4.18. The average molecular weight is 293 g/mol. The molecule has 1 amide bonds. The number of hydrogen-bond donors (Lipinski definition) is 0. The van der Waals surface area contributed by atoms with Crippen LogP contribution in [0.15, 0.2) is 6.20 Å². The summed E-state index contributed by atoms with van der Waals surface area (Å²) in [6.07, 6.45) is 3.94. The molecule has 1 aromatic heterocycles. The van der Waals surface area contributed by atoms with Crippen LogP contribution < -0.4 is 0 Å². The number of methoxy groups -OCH3 is 1. The Bertz CT molecular complexity index is 482. The van der Waals surface area contributed by atoms with E-state index in [-0.39, 0.29) is 11.8 Å². The van der Waals surface area contributed by atoms with Crippen molar-refractivity contribution in [1.29, 1.82) is 0 Å². The topological polar surface area (TPSA) is 47.4 Å². The number of amides is 1. The Kier molecular flexibility index (Phi) is 5.39. The molecule has 1 atom stereocenters. The summed E-state index contributed by atoms with van der Waals surface area (Å²) in [5, 5.41) is 0. The normalized spacial score (nSPS) is 18.7. The number of imidazole rings is 1. The molecule has 1 saturated heterocycles. The lowest BCUT2D eigenvalue weighted by atomic mass is 10.1. The highest BCUT2D eigenvalue weighted by molar-refractivity contribution is 5.78. The van der Waals surface area contributed by atoms with Gasteiger partial charge in [0.25, 0.3) is 0 Å². The standard InChI is InChI=1S/C16H27N3O2/c1-12(2)16(20)18-8-6-14(11-18)15-17-10-13(3)19(15)7-5-9-21-4/h10,12,14H,5-9,11H2,1-4H3. The summed E-state index contributed by atoms with van der Waals surface area (Å²) in [7, 11) is 1.73. The monoisotopic (exact) mass is 293 g/mol. The molecular weight excluding hydrogens is 266 g/mol. The molecule has 1 fully saturated rings. The summed E-state index contributed by atoms with van der Waals surface area (Å²) in [6, 6.07) is 0. The first kappa shape index (κ1) is 16.0. The fraction of sp³-hybridized carbons (Fsp3) is 0.750. The van der Waals surface area contributed by atoms with Crippen molar-refractivity contribution in [3.8, 4) is 0 Å². The Hall–Kier alpha value is -1.36. The molecule has 0 N–H and O–H groups in total. The lowest BCUT2D eigenvalue weighted by molar-refractivity contribution is -0.133. The molecule has 1 unspecified atom stereocenters. The van der Waals surface area contributed by atoms with Crippen molar-refractivity contribution in [1.82, 2.24) is 14.5 Å². The number of carbonyl (C=O) groups is 1. The molecule has 0 saturated carbocycles. The van der Waals surface area contributed by atoms with E-state index in [2.05, 4.69) is 16.5 Å². The molecule has 21 heavy (non-hydrogen) atoms. The van der Waals surface area contributed by atoms with E-state index in [0.717, 1.165) is 44.9 Å². The summed E-state index contributed by atoms with van der Waals surface area (Å²) in [5.41, 5.74) is 1.19. The summed E-state index contributed by atoms with van der Waals surface area (Å²) < 4.78 is 7.42. The van der Waals surface area contributed by atoms with Gasteiger partial charge in [0.05, 0.1) is 0 Å². The quantitative estimate of drug-likeness (QED) is 0.755. The van der Waals surface area contributed by atoms with E-state index in [1.807, 2.05) is 24.9 Å². The van der Waals surface area contributed by atoms with E-state index in [4.69, 9.17) is 4.74 Å². The van der Waals surface area contributed by atoms with Crippen LogP contribution in [0.4, 0.5) is 0 Å². The maximum absolute atomic E-state index is 12.1. The molecule has 1 aliphatic rings. The average Bonchev–Trinajstić information content (AvgIpc) is 3.06. The number of aryl methyl sites for hydroxylation is 1. The van der Waals surface area contributed by atoms with Crippen LogP contribution in [0.25, 0.3) is 0 Å². The Balaban J connectivity index is 2.04. The molecule has 0 aliphatic carbocycles. The third kappa shape index (κ3) is 3.64. The Morgan fingerprint density at radius 2 is 2.29 bits per heavy atom. The van der Waals surface area contributed by atoms with Gasteiger partial charge in [-0.15, -0.1) is 0 Å². The number of aromatic nitrogens is 2. The zero-order chi connectivity index (χ0) is 15.4. The van der Waals surface area contributed by atoms with Crippen LogP contribution >= 0.6 is 0 Å². The van der Waals surface area contributed by atoms with E-state index >= 15 is 0 Å². The minimum atomic E-state index is 0.0759. The van der Waals surface area contributed by atoms with E-state index in [9.17, 15) is 4.79 Å². The summed E-state index contributed by atoms with van der Waals surface area (Å²) in [4.78, 5) is 18.7. The van der Waals surface area contributed by atoms with Crippen LogP contribution in [0.3, 0.4) is 0 Å². The number of carbonyl (C=O) groups excluding carboxylic acids is 1. The van der Waals surface area contributed by atoms with Gasteiger partial charge in [-0.25, -0.2) is 4.98 Å². The van der Waals surface area contributed by atoms with Gasteiger partial charge in [0.2, 0.25) is 5.91 Å². The molecule has 2 heterocycles. The van der Waals surface area contributed by atoms with Crippen LogP contribution in [0.2, 0.25) is 0 Å². The highest BCUT2D eigenvalue weighted by atomic mass is 16.5. The van der Waals surface area contributed by atoms with E-state index in [1.54, 1.807) is 7.11 Å². The summed E-state index contributed by atoms with van der Waals surface area (Å²) in [5.74, 6) is 1.82. The Labute approximate surface area is 127 Å². The maximum Gasteiger partial charge on any atom is 0.225 e. The van der Waals surface area contributed by atoms with Crippen molar-refractivity contribution in [2.75, 3.05) is 26.8 Å². The molecule has 118 valence electrons. The van der Waals surface area contributed by atoms with Gasteiger partial charge in [-0.1, -0.05) is 13.8 Å². The predicted molar refractivity (Wildman–Crippen MR) is 82.2 cm³/mol. The minimum absolute atomic E-state index is 0.0759. The number of hydrogen-bond acceptors (Lipinski definition) is 3. The largest absolute Gasteiger partial charge is 0.385 e. The van der Waals surface area contributed by atoms with Crippen molar-refractivity contribution >= 4 is 5.91 Å². The van der Waals surface area contributed by atoms with Gasteiger partial charge in [0.15, 0.2) is 0 Å². The molecule has 0 radical (unpaired) electrons. The SMILES string of the molecule is COCCCn1c(C)cnc1C1CCN(C(=O)C(C)C)C1. The second-order valence-electron chi connectivity index (χ2n) is 6.18. The first-order valence-corrected chi connectivity index (χ1v) is 7.84. The summed E-state index contributed by atoms with van der Waals surface area (Å²) in [6.45, 7) is 9.37. The molecular formula is C16H27N3O2. The zero-order valence-electron chi connectivity index (χ0n) is 13.6. The molecule has 5 nitrogen and oxygen atoms in total. The molecule has 1 aliphatic heterocycles. The second kappa shape index (κ2) is 7.07. The first-order valence-electron chi connectivity index (χ1n) is 7.84. The molecule has 1 aromatic rings. The third-order valence-electron chi connectivity index (χ3n) is 4.18. The molecule has 0 spiro atoms. The van der Waals surface area contributed by atoms with Gasteiger partial charge in [-0.05, 0) is 19.8 Å². The first-order chi connectivity index (χ1) is 10.0. The van der Waals surface area contributed by atoms with Crippen molar-refractivity contribution in [3.63, 3.8) is 0 Å². The summed E-state index contributed by atoms with van der Waals surface area (Å²) >= 11 is 0. The highest BCUT2D eigenvalue weighted by Gasteiger charge is 2.31. The number of likely N-dealkylation sites (tertiary alicyclic amines) is 1. The lowest BCUT2D eigenvalue weighted by Crippen LogP contribution is -2.32. The second-order valence-corrected chi connectivity index (χ2v) is 6.18. The van der Waals surface area contributed by atoms with Crippen molar-refractivity contribution in [2.45, 2.75) is 46.1 Å². The van der Waals surface area contributed by atoms with E-state index in [1.165, 1.54) is 5.69 Å². The molecule has 5 heteroatoms. The van der Waals surface area contributed by atoms with Gasteiger partial charge in [0.1, 0.15) is 5.82 Å². The highest BCUT2D eigenvalue weighted by Crippen LogP contribution is 2.28. The number of ether oxygens (including phenoxy) is 1. The smallest absolute Gasteiger partial charge is 0.225 e. The zero-order valence-corrected chi connectivity index (χ0v) is 13.6.